The van der Waals surface area contributed by atoms with Gasteiger partial charge < -0.3 is 10.5 Å². The molecule has 0 radical (unpaired) electrons. The van der Waals surface area contributed by atoms with E-state index in [0.29, 0.717) is 0 Å². The number of nitrogens with two attached hydrogens (primary N) is 1. The van der Waals surface area contributed by atoms with Gasteiger partial charge in [0.15, 0.2) is 0 Å². The van der Waals surface area contributed by atoms with E-state index >= 15 is 0 Å². The Kier molecular flexibility index (Phi) is 4.10. The van der Waals surface area contributed by atoms with E-state index in [1.54, 1.807) is 18.4 Å². The molecule has 0 aliphatic heterocycles. The predicted octanol–water partition coefficient (Wildman–Crippen LogP) is 4.18. The van der Waals surface area contributed by atoms with Gasteiger partial charge in [-0.15, -0.1) is 11.3 Å². The van der Waals surface area contributed by atoms with Crippen molar-refractivity contribution in [3.05, 3.63) is 49.6 Å². The van der Waals surface area contributed by atoms with Crippen LogP contribution < -0.4 is 10.5 Å². The second-order valence-electron chi connectivity index (χ2n) is 4.25. The van der Waals surface area contributed by atoms with E-state index in [4.69, 9.17) is 10.5 Å². The highest BCUT2D eigenvalue weighted by Crippen LogP contribution is 2.34. The van der Waals surface area contributed by atoms with Crippen LogP contribution in [0.1, 0.15) is 26.9 Å². The standard InChI is InChI=1S/C14H16BrNOS/c1-8-6-13(18-9(8)2)14(16)11-7-10(15)4-5-12(11)17-3/h4-7,14H,16H2,1-3H3. The summed E-state index contributed by atoms with van der Waals surface area (Å²) in [6, 6.07) is 7.93. The van der Waals surface area contributed by atoms with Crippen molar-refractivity contribution < 1.29 is 4.74 Å². The molecule has 1 aromatic carbocycles. The first kappa shape index (κ1) is 13.6. The van der Waals surface area contributed by atoms with Crippen LogP contribution >= 0.6 is 27.3 Å². The molecular weight excluding hydrogens is 310 g/mol. The van der Waals surface area contributed by atoms with Crippen molar-refractivity contribution in [3.8, 4) is 5.75 Å². The quantitative estimate of drug-likeness (QED) is 0.918. The number of methoxy groups -OCH3 is 1. The molecule has 1 atom stereocenters. The Hall–Kier alpha value is -0.840. The molecule has 2 nitrogen and oxygen atoms in total. The van der Waals surface area contributed by atoms with Crippen molar-refractivity contribution in [3.63, 3.8) is 0 Å². The van der Waals surface area contributed by atoms with Crippen molar-refractivity contribution in [2.45, 2.75) is 19.9 Å². The van der Waals surface area contributed by atoms with Crippen LogP contribution in [0.15, 0.2) is 28.7 Å². The minimum Gasteiger partial charge on any atom is -0.496 e. The average Bonchev–Trinajstić information content (AvgIpc) is 2.68. The van der Waals surface area contributed by atoms with Crippen LogP contribution in [-0.4, -0.2) is 7.11 Å². The lowest BCUT2D eigenvalue weighted by Gasteiger charge is -2.14. The van der Waals surface area contributed by atoms with Gasteiger partial charge in [-0.05, 0) is 43.7 Å². The van der Waals surface area contributed by atoms with E-state index < -0.39 is 0 Å². The van der Waals surface area contributed by atoms with Crippen LogP contribution in [0.25, 0.3) is 0 Å². The van der Waals surface area contributed by atoms with Gasteiger partial charge in [0.2, 0.25) is 0 Å². The van der Waals surface area contributed by atoms with E-state index in [1.807, 2.05) is 18.2 Å². The molecule has 0 bridgehead atoms. The van der Waals surface area contributed by atoms with Crippen molar-refractivity contribution in [2.75, 3.05) is 7.11 Å². The monoisotopic (exact) mass is 325 g/mol. The van der Waals surface area contributed by atoms with E-state index in [-0.39, 0.29) is 6.04 Å². The Balaban J connectivity index is 2.44. The highest BCUT2D eigenvalue weighted by atomic mass is 79.9. The normalized spacial score (nSPS) is 12.5. The van der Waals surface area contributed by atoms with Crippen molar-refractivity contribution in [1.82, 2.24) is 0 Å². The van der Waals surface area contributed by atoms with Gasteiger partial charge in [0, 0.05) is 19.8 Å². The summed E-state index contributed by atoms with van der Waals surface area (Å²) in [5, 5.41) is 0. The number of halogens is 1. The molecule has 2 aromatic rings. The Bertz CT molecular complexity index is 545. The van der Waals surface area contributed by atoms with Gasteiger partial charge in [-0.2, -0.15) is 0 Å². The molecule has 0 saturated heterocycles. The molecule has 0 saturated carbocycles. The van der Waals surface area contributed by atoms with Crippen LogP contribution in [0.3, 0.4) is 0 Å². The summed E-state index contributed by atoms with van der Waals surface area (Å²) >= 11 is 5.22. The molecule has 0 amide bonds. The Morgan fingerprint density at radius 1 is 1.28 bits per heavy atom. The van der Waals surface area contributed by atoms with Crippen molar-refractivity contribution in [2.24, 2.45) is 5.73 Å². The first-order valence-electron chi connectivity index (χ1n) is 5.69. The summed E-state index contributed by atoms with van der Waals surface area (Å²) < 4.78 is 6.40. The van der Waals surface area contributed by atoms with Crippen LogP contribution in [0, 0.1) is 13.8 Å². The third-order valence-electron chi connectivity index (χ3n) is 3.02. The fraction of sp³-hybridized carbons (Fsp3) is 0.286. The first-order chi connectivity index (χ1) is 8.52. The highest BCUT2D eigenvalue weighted by molar-refractivity contribution is 9.10. The van der Waals surface area contributed by atoms with Gasteiger partial charge in [0.25, 0.3) is 0 Å². The second-order valence-corrected chi connectivity index (χ2v) is 6.46. The van der Waals surface area contributed by atoms with Gasteiger partial charge in [-0.3, -0.25) is 0 Å². The maximum Gasteiger partial charge on any atom is 0.124 e. The van der Waals surface area contributed by atoms with E-state index in [2.05, 4.69) is 35.8 Å². The number of ether oxygens (including phenoxy) is 1. The molecule has 0 aliphatic rings. The van der Waals surface area contributed by atoms with Crippen LogP contribution in [0.5, 0.6) is 5.75 Å². The van der Waals surface area contributed by atoms with Crippen molar-refractivity contribution in [1.29, 1.82) is 0 Å². The smallest absolute Gasteiger partial charge is 0.124 e. The fourth-order valence-electron chi connectivity index (χ4n) is 1.86. The summed E-state index contributed by atoms with van der Waals surface area (Å²) in [7, 11) is 1.67. The van der Waals surface area contributed by atoms with E-state index in [1.165, 1.54) is 15.3 Å². The molecule has 0 aliphatic carbocycles. The molecular formula is C14H16BrNOS. The van der Waals surface area contributed by atoms with Gasteiger partial charge in [-0.25, -0.2) is 0 Å². The van der Waals surface area contributed by atoms with Gasteiger partial charge in [-0.1, -0.05) is 15.9 Å². The summed E-state index contributed by atoms with van der Waals surface area (Å²) in [4.78, 5) is 2.48. The number of hydrogen-bond donors (Lipinski definition) is 1. The van der Waals surface area contributed by atoms with Crippen LogP contribution in [0.2, 0.25) is 0 Å². The molecule has 0 spiro atoms. The molecule has 2 N–H and O–H groups in total. The van der Waals surface area contributed by atoms with E-state index in [9.17, 15) is 0 Å². The number of benzene rings is 1. The second kappa shape index (κ2) is 5.43. The third kappa shape index (κ3) is 2.60. The lowest BCUT2D eigenvalue weighted by Crippen LogP contribution is -2.11. The zero-order chi connectivity index (χ0) is 13.3. The van der Waals surface area contributed by atoms with Crippen LogP contribution in [-0.2, 0) is 0 Å². The Morgan fingerprint density at radius 3 is 2.56 bits per heavy atom. The fourth-order valence-corrected chi connectivity index (χ4v) is 3.30. The third-order valence-corrected chi connectivity index (χ3v) is 4.75. The highest BCUT2D eigenvalue weighted by Gasteiger charge is 2.17. The minimum atomic E-state index is -0.144. The van der Waals surface area contributed by atoms with Gasteiger partial charge >= 0.3 is 0 Å². The Labute approximate surface area is 120 Å². The number of rotatable bonds is 3. The molecule has 96 valence electrons. The van der Waals surface area contributed by atoms with Crippen LogP contribution in [0.4, 0.5) is 0 Å². The minimum absolute atomic E-state index is 0.144. The maximum atomic E-state index is 6.35. The topological polar surface area (TPSA) is 35.2 Å². The summed E-state index contributed by atoms with van der Waals surface area (Å²) in [6.07, 6.45) is 0. The zero-order valence-corrected chi connectivity index (χ0v) is 13.1. The molecule has 18 heavy (non-hydrogen) atoms. The number of thiophene rings is 1. The largest absolute Gasteiger partial charge is 0.496 e. The first-order valence-corrected chi connectivity index (χ1v) is 7.30. The summed E-state index contributed by atoms with van der Waals surface area (Å²) in [5.74, 6) is 0.828. The SMILES string of the molecule is COc1ccc(Br)cc1C(N)c1cc(C)c(C)s1. The predicted molar refractivity (Wildman–Crippen MR) is 80.5 cm³/mol. The average molecular weight is 326 g/mol. The lowest BCUT2D eigenvalue weighted by atomic mass is 10.0. The molecule has 4 heteroatoms. The molecule has 0 fully saturated rings. The molecule has 1 unspecified atom stereocenters. The van der Waals surface area contributed by atoms with E-state index in [0.717, 1.165) is 15.8 Å². The number of hydrogen-bond acceptors (Lipinski definition) is 3. The lowest BCUT2D eigenvalue weighted by molar-refractivity contribution is 0.408. The summed E-state index contributed by atoms with van der Waals surface area (Å²) in [6.45, 7) is 4.23. The Morgan fingerprint density at radius 2 is 2.00 bits per heavy atom. The summed E-state index contributed by atoms with van der Waals surface area (Å²) in [5.41, 5.74) is 8.65. The van der Waals surface area contributed by atoms with Gasteiger partial charge in [0.1, 0.15) is 5.75 Å². The molecule has 1 aromatic heterocycles. The number of aryl methyl sites for hydroxylation is 2. The maximum absolute atomic E-state index is 6.35. The molecule has 1 heterocycles. The van der Waals surface area contributed by atoms with Crippen molar-refractivity contribution >= 4 is 27.3 Å². The molecule has 2 rings (SSSR count). The van der Waals surface area contributed by atoms with Gasteiger partial charge in [0.05, 0.1) is 13.2 Å². The zero-order valence-electron chi connectivity index (χ0n) is 10.7.